The maximum absolute atomic E-state index is 6.44. The number of rotatable bonds is 2. The summed E-state index contributed by atoms with van der Waals surface area (Å²) in [6.07, 6.45) is 2.67. The number of hydrogen-bond acceptors (Lipinski definition) is 3. The molecule has 3 nitrogen and oxygen atoms in total. The summed E-state index contributed by atoms with van der Waals surface area (Å²) in [7, 11) is 0. The van der Waals surface area contributed by atoms with Crippen LogP contribution >= 0.6 is 11.6 Å². The molecular weight excluding hydrogens is 258 g/mol. The maximum Gasteiger partial charge on any atom is 0.0642 e. The van der Waals surface area contributed by atoms with Gasteiger partial charge in [-0.3, -0.25) is 4.90 Å². The molecule has 4 heteroatoms. The quantitative estimate of drug-likeness (QED) is 0.903. The first-order valence-electron chi connectivity index (χ1n) is 7.19. The summed E-state index contributed by atoms with van der Waals surface area (Å²) in [4.78, 5) is 5.04. The van der Waals surface area contributed by atoms with Crippen LogP contribution in [0.15, 0.2) is 18.2 Å². The average molecular weight is 280 g/mol. The summed E-state index contributed by atoms with van der Waals surface area (Å²) in [6.45, 7) is 6.61. The van der Waals surface area contributed by atoms with Gasteiger partial charge in [-0.1, -0.05) is 17.7 Å². The number of piperazine rings is 1. The van der Waals surface area contributed by atoms with Crippen LogP contribution in [0, 0.1) is 0 Å². The zero-order valence-electron chi connectivity index (χ0n) is 11.5. The number of hydrogen-bond donors (Lipinski definition) is 1. The lowest BCUT2D eigenvalue weighted by molar-refractivity contribution is 0.231. The van der Waals surface area contributed by atoms with Crippen molar-refractivity contribution in [2.45, 2.75) is 31.8 Å². The van der Waals surface area contributed by atoms with Crippen LogP contribution in [-0.4, -0.2) is 37.1 Å². The van der Waals surface area contributed by atoms with Crippen molar-refractivity contribution in [2.75, 3.05) is 31.1 Å². The maximum atomic E-state index is 6.44. The third-order valence-electron chi connectivity index (χ3n) is 4.43. The fraction of sp³-hybridized carbons (Fsp3) is 0.600. The van der Waals surface area contributed by atoms with E-state index in [0.29, 0.717) is 0 Å². The van der Waals surface area contributed by atoms with E-state index in [4.69, 9.17) is 17.3 Å². The van der Waals surface area contributed by atoms with Crippen LogP contribution in [0.3, 0.4) is 0 Å². The highest BCUT2D eigenvalue weighted by Gasteiger charge is 2.31. The first kappa shape index (κ1) is 13.2. The Kier molecular flexibility index (Phi) is 3.70. The minimum absolute atomic E-state index is 0.0400. The molecule has 2 aliphatic heterocycles. The molecule has 1 aromatic carbocycles. The molecule has 0 spiro atoms. The first-order chi connectivity index (χ1) is 9.15. The molecule has 2 N–H and O–H groups in total. The van der Waals surface area contributed by atoms with Gasteiger partial charge < -0.3 is 10.6 Å². The molecule has 1 unspecified atom stereocenters. The summed E-state index contributed by atoms with van der Waals surface area (Å²) in [5.41, 5.74) is 8.17. The van der Waals surface area contributed by atoms with E-state index in [1.807, 2.05) is 13.0 Å². The molecule has 0 saturated carbocycles. The molecule has 2 fully saturated rings. The molecule has 2 aliphatic rings. The summed E-state index contributed by atoms with van der Waals surface area (Å²) >= 11 is 6.44. The Morgan fingerprint density at radius 2 is 2.16 bits per heavy atom. The van der Waals surface area contributed by atoms with Crippen molar-refractivity contribution in [3.05, 3.63) is 28.8 Å². The van der Waals surface area contributed by atoms with Gasteiger partial charge in [0.2, 0.25) is 0 Å². The summed E-state index contributed by atoms with van der Waals surface area (Å²) in [6, 6.07) is 7.01. The van der Waals surface area contributed by atoms with Gasteiger partial charge in [0.1, 0.15) is 0 Å². The standard InChI is InChI=1S/C15H22ClN3/c1-11(17)12-4-5-15(14(16)9-12)19-8-7-18-6-2-3-13(18)10-19/h4-5,9,11,13H,2-3,6-8,10,17H2,1H3/t11-,13?/m1/s1. The zero-order valence-corrected chi connectivity index (χ0v) is 12.2. The predicted molar refractivity (Wildman–Crippen MR) is 80.9 cm³/mol. The minimum Gasteiger partial charge on any atom is -0.367 e. The lowest BCUT2D eigenvalue weighted by Gasteiger charge is -2.39. The average Bonchev–Trinajstić information content (AvgIpc) is 2.85. The van der Waals surface area contributed by atoms with Crippen LogP contribution in [0.25, 0.3) is 0 Å². The van der Waals surface area contributed by atoms with Crippen LogP contribution in [0.5, 0.6) is 0 Å². The Morgan fingerprint density at radius 1 is 1.32 bits per heavy atom. The number of anilines is 1. The highest BCUT2D eigenvalue weighted by atomic mass is 35.5. The Bertz CT molecular complexity index is 461. The Hall–Kier alpha value is -0.770. The molecule has 0 aromatic heterocycles. The Morgan fingerprint density at radius 3 is 2.89 bits per heavy atom. The van der Waals surface area contributed by atoms with Crippen molar-refractivity contribution < 1.29 is 0 Å². The molecular formula is C15H22ClN3. The van der Waals surface area contributed by atoms with E-state index >= 15 is 0 Å². The number of nitrogens with zero attached hydrogens (tertiary/aromatic N) is 2. The van der Waals surface area contributed by atoms with Gasteiger partial charge in [0.15, 0.2) is 0 Å². The van der Waals surface area contributed by atoms with Crippen molar-refractivity contribution in [3.63, 3.8) is 0 Å². The van der Waals surface area contributed by atoms with Crippen LogP contribution in [-0.2, 0) is 0 Å². The molecule has 104 valence electrons. The second-order valence-corrected chi connectivity index (χ2v) is 6.18. The lowest BCUT2D eigenvalue weighted by atomic mass is 10.1. The molecule has 2 heterocycles. The number of halogens is 1. The van der Waals surface area contributed by atoms with Crippen molar-refractivity contribution in [1.82, 2.24) is 4.90 Å². The van der Waals surface area contributed by atoms with E-state index in [2.05, 4.69) is 21.9 Å². The van der Waals surface area contributed by atoms with E-state index < -0.39 is 0 Å². The third-order valence-corrected chi connectivity index (χ3v) is 4.73. The second kappa shape index (κ2) is 5.31. The molecule has 2 atom stereocenters. The van der Waals surface area contributed by atoms with Crippen LogP contribution in [0.2, 0.25) is 5.02 Å². The third kappa shape index (κ3) is 2.60. The highest BCUT2D eigenvalue weighted by Crippen LogP contribution is 2.32. The van der Waals surface area contributed by atoms with Gasteiger partial charge in [-0.15, -0.1) is 0 Å². The van der Waals surface area contributed by atoms with Gasteiger partial charge in [0.25, 0.3) is 0 Å². The number of benzene rings is 1. The summed E-state index contributed by atoms with van der Waals surface area (Å²) in [5, 5.41) is 0.834. The van der Waals surface area contributed by atoms with Crippen molar-refractivity contribution in [1.29, 1.82) is 0 Å². The molecule has 0 radical (unpaired) electrons. The second-order valence-electron chi connectivity index (χ2n) is 5.78. The summed E-state index contributed by atoms with van der Waals surface area (Å²) in [5.74, 6) is 0. The lowest BCUT2D eigenvalue weighted by Crippen LogP contribution is -2.50. The SMILES string of the molecule is C[C@@H](N)c1ccc(N2CCN3CCCC3C2)c(Cl)c1. The molecule has 1 aromatic rings. The first-order valence-corrected chi connectivity index (χ1v) is 7.57. The smallest absolute Gasteiger partial charge is 0.0642 e. The van der Waals surface area contributed by atoms with E-state index in [9.17, 15) is 0 Å². The molecule has 3 rings (SSSR count). The van der Waals surface area contributed by atoms with Gasteiger partial charge in [-0.05, 0) is 44.0 Å². The molecule has 0 aliphatic carbocycles. The molecule has 0 bridgehead atoms. The summed E-state index contributed by atoms with van der Waals surface area (Å²) < 4.78 is 0. The molecule has 0 amide bonds. The van der Waals surface area contributed by atoms with Gasteiger partial charge in [0.05, 0.1) is 10.7 Å². The zero-order chi connectivity index (χ0) is 13.4. The van der Waals surface area contributed by atoms with E-state index in [1.165, 1.54) is 19.4 Å². The van der Waals surface area contributed by atoms with Gasteiger partial charge in [0, 0.05) is 31.7 Å². The Balaban J connectivity index is 1.78. The fourth-order valence-electron chi connectivity index (χ4n) is 3.27. The van der Waals surface area contributed by atoms with Gasteiger partial charge in [-0.2, -0.15) is 0 Å². The monoisotopic (exact) mass is 279 g/mol. The van der Waals surface area contributed by atoms with E-state index in [0.717, 1.165) is 41.9 Å². The molecule has 19 heavy (non-hydrogen) atoms. The topological polar surface area (TPSA) is 32.5 Å². The van der Waals surface area contributed by atoms with Crippen LogP contribution in [0.1, 0.15) is 31.4 Å². The Labute approximate surface area is 120 Å². The normalized spacial score (nSPS) is 25.4. The fourth-order valence-corrected chi connectivity index (χ4v) is 3.58. The number of nitrogens with two attached hydrogens (primary N) is 1. The van der Waals surface area contributed by atoms with E-state index in [-0.39, 0.29) is 6.04 Å². The minimum atomic E-state index is 0.0400. The largest absolute Gasteiger partial charge is 0.367 e. The van der Waals surface area contributed by atoms with Gasteiger partial charge >= 0.3 is 0 Å². The van der Waals surface area contributed by atoms with Crippen LogP contribution in [0.4, 0.5) is 5.69 Å². The molecule has 2 saturated heterocycles. The predicted octanol–water partition coefficient (Wildman–Crippen LogP) is 2.64. The number of fused-ring (bicyclic) bond motifs is 1. The van der Waals surface area contributed by atoms with Crippen molar-refractivity contribution in [3.8, 4) is 0 Å². The van der Waals surface area contributed by atoms with E-state index in [1.54, 1.807) is 0 Å². The highest BCUT2D eigenvalue weighted by molar-refractivity contribution is 6.33. The van der Waals surface area contributed by atoms with Gasteiger partial charge in [-0.25, -0.2) is 0 Å². The van der Waals surface area contributed by atoms with Crippen molar-refractivity contribution in [2.24, 2.45) is 5.73 Å². The van der Waals surface area contributed by atoms with Crippen LogP contribution < -0.4 is 10.6 Å². The van der Waals surface area contributed by atoms with Crippen molar-refractivity contribution >= 4 is 17.3 Å².